The molecule has 0 aliphatic heterocycles. The molecule has 3 nitrogen and oxygen atoms in total. The number of pyridine rings is 1. The smallest absolute Gasteiger partial charge is 0.142 e. The van der Waals surface area contributed by atoms with E-state index in [9.17, 15) is 0 Å². The Bertz CT molecular complexity index is 576. The maximum atomic E-state index is 6.22. The summed E-state index contributed by atoms with van der Waals surface area (Å²) in [5, 5.41) is 4.52. The summed E-state index contributed by atoms with van der Waals surface area (Å²) in [5.41, 5.74) is 2.09. The highest BCUT2D eigenvalue weighted by atomic mass is 35.5. The Morgan fingerprint density at radius 3 is 2.81 bits per heavy atom. The molecule has 1 N–H and O–H groups in total. The van der Waals surface area contributed by atoms with E-state index in [0.717, 1.165) is 24.1 Å². The Labute approximate surface area is 135 Å². The number of ether oxygens (including phenoxy) is 1. The molecule has 0 unspecified atom stereocenters. The normalized spacial score (nSPS) is 10.6. The van der Waals surface area contributed by atoms with Crippen molar-refractivity contribution < 1.29 is 4.74 Å². The van der Waals surface area contributed by atoms with Gasteiger partial charge in [0.1, 0.15) is 5.75 Å². The van der Waals surface area contributed by atoms with Gasteiger partial charge in [-0.05, 0) is 30.2 Å². The number of hydrogen-bond acceptors (Lipinski definition) is 3. The van der Waals surface area contributed by atoms with Crippen LogP contribution in [-0.2, 0) is 13.1 Å². The molecule has 0 aliphatic rings. The number of nitrogens with one attached hydrogen (secondary N) is 1. The molecule has 0 atom stereocenters. The zero-order chi connectivity index (χ0) is 15.1. The van der Waals surface area contributed by atoms with Crippen LogP contribution in [0.3, 0.4) is 0 Å². The molecule has 0 spiro atoms. The number of nitrogens with zero attached hydrogens (tertiary/aromatic N) is 1. The van der Waals surface area contributed by atoms with Gasteiger partial charge >= 0.3 is 0 Å². The predicted molar refractivity (Wildman–Crippen MR) is 87.0 cm³/mol. The highest BCUT2D eigenvalue weighted by Crippen LogP contribution is 2.32. The number of hydrogen-bond donors (Lipinski definition) is 1. The topological polar surface area (TPSA) is 34.1 Å². The molecule has 21 heavy (non-hydrogen) atoms. The second-order valence-electron chi connectivity index (χ2n) is 4.69. The van der Waals surface area contributed by atoms with Crippen molar-refractivity contribution in [1.82, 2.24) is 10.3 Å². The van der Waals surface area contributed by atoms with Crippen molar-refractivity contribution in [2.45, 2.75) is 26.4 Å². The minimum absolute atomic E-state index is 0.550. The fourth-order valence-electron chi connectivity index (χ4n) is 1.95. The molecule has 2 rings (SSSR count). The molecule has 0 radical (unpaired) electrons. The Balaban J connectivity index is 2.04. The van der Waals surface area contributed by atoms with Crippen molar-refractivity contribution in [3.8, 4) is 5.75 Å². The summed E-state index contributed by atoms with van der Waals surface area (Å²) in [6.45, 7) is 4.06. The fourth-order valence-corrected chi connectivity index (χ4v) is 2.55. The van der Waals surface area contributed by atoms with Crippen molar-refractivity contribution in [2.24, 2.45) is 0 Å². The zero-order valence-corrected chi connectivity index (χ0v) is 13.4. The molecular weight excluding hydrogens is 307 g/mol. The van der Waals surface area contributed by atoms with Crippen molar-refractivity contribution >= 4 is 23.2 Å². The van der Waals surface area contributed by atoms with Crippen LogP contribution >= 0.6 is 23.2 Å². The summed E-state index contributed by atoms with van der Waals surface area (Å²) >= 11 is 12.3. The molecule has 2 aromatic rings. The first-order valence-electron chi connectivity index (χ1n) is 6.91. The van der Waals surface area contributed by atoms with E-state index >= 15 is 0 Å². The second-order valence-corrected chi connectivity index (χ2v) is 5.53. The van der Waals surface area contributed by atoms with Gasteiger partial charge in [-0.2, -0.15) is 0 Å². The molecule has 0 saturated carbocycles. The van der Waals surface area contributed by atoms with E-state index in [4.69, 9.17) is 27.9 Å². The fraction of sp³-hybridized carbons (Fsp3) is 0.312. The van der Waals surface area contributed by atoms with Crippen molar-refractivity contribution in [3.63, 3.8) is 0 Å². The Morgan fingerprint density at radius 1 is 1.24 bits per heavy atom. The van der Waals surface area contributed by atoms with Crippen molar-refractivity contribution in [3.05, 3.63) is 57.8 Å². The lowest BCUT2D eigenvalue weighted by Gasteiger charge is -2.14. The summed E-state index contributed by atoms with van der Waals surface area (Å²) in [6.07, 6.45) is 4.53. The first kappa shape index (κ1) is 16.1. The van der Waals surface area contributed by atoms with E-state index in [0.29, 0.717) is 28.9 Å². The molecule has 0 saturated heterocycles. The third-order valence-corrected chi connectivity index (χ3v) is 3.40. The van der Waals surface area contributed by atoms with E-state index in [2.05, 4.69) is 17.2 Å². The van der Waals surface area contributed by atoms with Gasteiger partial charge in [0.25, 0.3) is 0 Å². The van der Waals surface area contributed by atoms with Gasteiger partial charge in [-0.25, -0.2) is 0 Å². The van der Waals surface area contributed by atoms with Crippen molar-refractivity contribution in [2.75, 3.05) is 6.61 Å². The third-order valence-electron chi connectivity index (χ3n) is 2.90. The lowest BCUT2D eigenvalue weighted by molar-refractivity contribution is 0.313. The van der Waals surface area contributed by atoms with E-state index in [1.807, 2.05) is 24.4 Å². The molecular formula is C16H18Cl2N2O. The second kappa shape index (κ2) is 8.23. The van der Waals surface area contributed by atoms with Crippen LogP contribution in [-0.4, -0.2) is 11.6 Å². The SMILES string of the molecule is CCCOc1c(Cl)cc(Cl)cc1CNCc1cccnc1. The molecule has 1 heterocycles. The third kappa shape index (κ3) is 4.88. The van der Waals surface area contributed by atoms with Crippen LogP contribution in [0.2, 0.25) is 10.0 Å². The lowest BCUT2D eigenvalue weighted by Crippen LogP contribution is -2.14. The quantitative estimate of drug-likeness (QED) is 0.816. The Hall–Kier alpha value is -1.29. The number of rotatable bonds is 7. The molecule has 0 aliphatic carbocycles. The lowest BCUT2D eigenvalue weighted by atomic mass is 10.2. The van der Waals surface area contributed by atoms with Gasteiger partial charge in [0.2, 0.25) is 0 Å². The van der Waals surface area contributed by atoms with Crippen molar-refractivity contribution in [1.29, 1.82) is 0 Å². The first-order valence-corrected chi connectivity index (χ1v) is 7.66. The standard InChI is InChI=1S/C16H18Cl2N2O/c1-2-6-21-16-13(7-14(17)8-15(16)18)11-20-10-12-4-3-5-19-9-12/h3-5,7-9,20H,2,6,10-11H2,1H3. The van der Waals surface area contributed by atoms with Gasteiger partial charge in [-0.1, -0.05) is 36.2 Å². The summed E-state index contributed by atoms with van der Waals surface area (Å²) in [5.74, 6) is 0.710. The van der Waals surface area contributed by atoms with Crippen LogP contribution in [0.15, 0.2) is 36.7 Å². The largest absolute Gasteiger partial charge is 0.492 e. The summed E-state index contributed by atoms with van der Waals surface area (Å²) in [7, 11) is 0. The minimum atomic E-state index is 0.550. The van der Waals surface area contributed by atoms with Crippen LogP contribution in [0.5, 0.6) is 5.75 Å². The van der Waals surface area contributed by atoms with Crippen LogP contribution in [0.25, 0.3) is 0 Å². The van der Waals surface area contributed by atoms with Gasteiger partial charge < -0.3 is 10.1 Å². The highest BCUT2D eigenvalue weighted by Gasteiger charge is 2.10. The average molecular weight is 325 g/mol. The molecule has 0 amide bonds. The summed E-state index contributed by atoms with van der Waals surface area (Å²) in [4.78, 5) is 4.09. The average Bonchev–Trinajstić information content (AvgIpc) is 2.47. The zero-order valence-electron chi connectivity index (χ0n) is 11.9. The predicted octanol–water partition coefficient (Wildman–Crippen LogP) is 4.47. The Kier molecular flexibility index (Phi) is 6.30. The summed E-state index contributed by atoms with van der Waals surface area (Å²) in [6, 6.07) is 7.54. The molecule has 0 bridgehead atoms. The number of halogens is 2. The van der Waals surface area contributed by atoms with E-state index in [1.54, 1.807) is 12.3 Å². The minimum Gasteiger partial charge on any atom is -0.492 e. The van der Waals surface area contributed by atoms with E-state index in [-0.39, 0.29) is 0 Å². The number of benzene rings is 1. The van der Waals surface area contributed by atoms with Gasteiger partial charge in [0.15, 0.2) is 0 Å². The molecule has 112 valence electrons. The first-order chi connectivity index (χ1) is 10.2. The van der Waals surface area contributed by atoms with Crippen LogP contribution in [0.4, 0.5) is 0 Å². The molecule has 5 heteroatoms. The highest BCUT2D eigenvalue weighted by molar-refractivity contribution is 6.35. The maximum absolute atomic E-state index is 6.22. The molecule has 1 aromatic heterocycles. The van der Waals surface area contributed by atoms with Crippen LogP contribution in [0, 0.1) is 0 Å². The van der Waals surface area contributed by atoms with Gasteiger partial charge in [0.05, 0.1) is 11.6 Å². The van der Waals surface area contributed by atoms with Gasteiger partial charge in [-0.15, -0.1) is 0 Å². The van der Waals surface area contributed by atoms with Crippen LogP contribution < -0.4 is 10.1 Å². The molecule has 1 aromatic carbocycles. The van der Waals surface area contributed by atoms with Crippen LogP contribution in [0.1, 0.15) is 24.5 Å². The van der Waals surface area contributed by atoms with E-state index in [1.165, 1.54) is 0 Å². The maximum Gasteiger partial charge on any atom is 0.142 e. The Morgan fingerprint density at radius 2 is 2.10 bits per heavy atom. The molecule has 0 fully saturated rings. The summed E-state index contributed by atoms with van der Waals surface area (Å²) < 4.78 is 5.73. The van der Waals surface area contributed by atoms with E-state index < -0.39 is 0 Å². The monoisotopic (exact) mass is 324 g/mol. The number of aromatic nitrogens is 1. The van der Waals surface area contributed by atoms with Gasteiger partial charge in [-0.3, -0.25) is 4.98 Å². The van der Waals surface area contributed by atoms with Gasteiger partial charge in [0, 0.05) is 36.1 Å².